The molecule has 0 aliphatic carbocycles. The molecule has 0 spiro atoms. The van der Waals surface area contributed by atoms with E-state index in [1.54, 1.807) is 55.9 Å². The molecule has 1 heterocycles. The Kier molecular flexibility index (Phi) is 6.53. The highest BCUT2D eigenvalue weighted by molar-refractivity contribution is 7.94. The molecule has 1 aromatic heterocycles. The number of thiophene rings is 1. The second-order valence-electron chi connectivity index (χ2n) is 6.54. The fourth-order valence-corrected chi connectivity index (χ4v) is 4.65. The highest BCUT2D eigenvalue weighted by Crippen LogP contribution is 2.23. The number of amides is 1. The molecule has 1 N–H and O–H groups in total. The fraction of sp³-hybridized carbons (Fsp3) is 0.143. The predicted molar refractivity (Wildman–Crippen MR) is 115 cm³/mol. The number of likely N-dealkylation sites (N-methyl/N-ethyl adjacent to an activating group) is 1. The van der Waals surface area contributed by atoms with E-state index in [2.05, 4.69) is 4.72 Å². The van der Waals surface area contributed by atoms with Crippen LogP contribution < -0.4 is 4.72 Å². The number of nitrogens with zero attached hydrogens (tertiary/aromatic N) is 1. The largest absolute Gasteiger partial charge is 0.444 e. The van der Waals surface area contributed by atoms with Crippen LogP contribution >= 0.6 is 11.3 Å². The van der Waals surface area contributed by atoms with Gasteiger partial charge in [0.1, 0.15) is 4.21 Å². The second-order valence-corrected chi connectivity index (χ2v) is 9.40. The highest BCUT2D eigenvalue weighted by atomic mass is 32.2. The third kappa shape index (κ3) is 5.05. The molecule has 2 aromatic carbocycles. The van der Waals surface area contributed by atoms with E-state index in [1.807, 2.05) is 0 Å². The zero-order valence-electron chi connectivity index (χ0n) is 16.3. The SMILES string of the molecule is CN(C)C(=O)[C@H](OC(=O)c1ccc(NS(=O)(=O)c2cccs2)cc1)c1ccccc1. The molecule has 9 heteroatoms. The lowest BCUT2D eigenvalue weighted by atomic mass is 10.1. The summed E-state index contributed by atoms with van der Waals surface area (Å²) in [4.78, 5) is 26.5. The number of benzene rings is 2. The number of ether oxygens (including phenoxy) is 1. The van der Waals surface area contributed by atoms with Gasteiger partial charge in [-0.15, -0.1) is 11.3 Å². The van der Waals surface area contributed by atoms with Crippen LogP contribution in [0.25, 0.3) is 0 Å². The van der Waals surface area contributed by atoms with Crippen molar-refractivity contribution in [3.05, 3.63) is 83.2 Å². The Bertz CT molecular complexity index is 1110. The molecule has 0 fully saturated rings. The summed E-state index contributed by atoms with van der Waals surface area (Å²) in [6.07, 6.45) is -1.08. The predicted octanol–water partition coefficient (Wildman–Crippen LogP) is 3.54. The fourth-order valence-electron chi connectivity index (χ4n) is 2.59. The van der Waals surface area contributed by atoms with Crippen LogP contribution in [0.2, 0.25) is 0 Å². The van der Waals surface area contributed by atoms with E-state index < -0.39 is 22.1 Å². The Morgan fingerprint density at radius 3 is 2.20 bits per heavy atom. The lowest BCUT2D eigenvalue weighted by Gasteiger charge is -2.21. The number of esters is 1. The van der Waals surface area contributed by atoms with Gasteiger partial charge in [-0.25, -0.2) is 13.2 Å². The van der Waals surface area contributed by atoms with E-state index in [1.165, 1.54) is 35.2 Å². The van der Waals surface area contributed by atoms with Crippen LogP contribution in [0.3, 0.4) is 0 Å². The first kappa shape index (κ1) is 21.5. The van der Waals surface area contributed by atoms with Crippen molar-refractivity contribution in [2.75, 3.05) is 18.8 Å². The number of hydrogen-bond acceptors (Lipinski definition) is 6. The summed E-state index contributed by atoms with van der Waals surface area (Å²) >= 11 is 1.11. The number of nitrogens with one attached hydrogen (secondary N) is 1. The first-order valence-corrected chi connectivity index (χ1v) is 11.3. The third-order valence-corrected chi connectivity index (χ3v) is 6.90. The first-order valence-electron chi connectivity index (χ1n) is 8.91. The average Bonchev–Trinajstić information content (AvgIpc) is 3.28. The Hall–Kier alpha value is -3.17. The summed E-state index contributed by atoms with van der Waals surface area (Å²) in [7, 11) is -0.509. The van der Waals surface area contributed by atoms with Crippen LogP contribution in [0.15, 0.2) is 76.3 Å². The summed E-state index contributed by atoms with van der Waals surface area (Å²) in [6, 6.07) is 17.7. The van der Waals surface area contributed by atoms with E-state index in [-0.39, 0.29) is 15.7 Å². The molecule has 7 nitrogen and oxygen atoms in total. The summed E-state index contributed by atoms with van der Waals surface area (Å²) in [5.74, 6) is -1.05. The normalized spacial score (nSPS) is 12.1. The molecule has 0 bridgehead atoms. The van der Waals surface area contributed by atoms with Crippen molar-refractivity contribution in [1.82, 2.24) is 4.90 Å². The van der Waals surface area contributed by atoms with Crippen LogP contribution in [0, 0.1) is 0 Å². The highest BCUT2D eigenvalue weighted by Gasteiger charge is 2.27. The maximum atomic E-state index is 12.6. The third-order valence-electron chi connectivity index (χ3n) is 4.13. The van der Waals surface area contributed by atoms with Crippen molar-refractivity contribution >= 4 is 38.9 Å². The smallest absolute Gasteiger partial charge is 0.339 e. The molecule has 3 rings (SSSR count). The van der Waals surface area contributed by atoms with Crippen molar-refractivity contribution < 1.29 is 22.7 Å². The molecule has 3 aromatic rings. The summed E-state index contributed by atoms with van der Waals surface area (Å²) in [6.45, 7) is 0. The van der Waals surface area contributed by atoms with Crippen molar-refractivity contribution in [2.45, 2.75) is 10.3 Å². The van der Waals surface area contributed by atoms with Gasteiger partial charge >= 0.3 is 5.97 Å². The Morgan fingerprint density at radius 1 is 0.967 bits per heavy atom. The molecule has 156 valence electrons. The Labute approximate surface area is 179 Å². The minimum absolute atomic E-state index is 0.193. The van der Waals surface area contributed by atoms with Gasteiger partial charge in [0.2, 0.25) is 6.10 Å². The molecular weight excluding hydrogens is 424 g/mol. The summed E-state index contributed by atoms with van der Waals surface area (Å²) in [5.41, 5.74) is 1.07. The number of sulfonamides is 1. The summed E-state index contributed by atoms with van der Waals surface area (Å²) in [5, 5.41) is 1.67. The van der Waals surface area contributed by atoms with Gasteiger partial charge < -0.3 is 9.64 Å². The van der Waals surface area contributed by atoms with E-state index in [4.69, 9.17) is 4.74 Å². The molecule has 1 atom stereocenters. The Morgan fingerprint density at radius 2 is 1.63 bits per heavy atom. The standard InChI is InChI=1S/C21H20N2O5S2/c1-23(2)20(24)19(15-7-4-3-5-8-15)28-21(25)16-10-12-17(13-11-16)22-30(26,27)18-9-6-14-29-18/h3-14,19,22H,1-2H3/t19-/m1/s1. The van der Waals surface area contributed by atoms with E-state index in [0.717, 1.165) is 11.3 Å². The molecular formula is C21H20N2O5S2. The van der Waals surface area contributed by atoms with Crippen LogP contribution in [-0.2, 0) is 19.6 Å². The molecule has 30 heavy (non-hydrogen) atoms. The first-order chi connectivity index (χ1) is 14.3. The van der Waals surface area contributed by atoms with Gasteiger partial charge in [0.25, 0.3) is 15.9 Å². The van der Waals surface area contributed by atoms with Crippen molar-refractivity contribution in [1.29, 1.82) is 0 Å². The maximum Gasteiger partial charge on any atom is 0.339 e. The van der Waals surface area contributed by atoms with Gasteiger partial charge in [-0.1, -0.05) is 36.4 Å². The summed E-state index contributed by atoms with van der Waals surface area (Å²) < 4.78 is 32.7. The van der Waals surface area contributed by atoms with Crippen LogP contribution in [0.1, 0.15) is 22.0 Å². The van der Waals surface area contributed by atoms with Crippen LogP contribution in [0.5, 0.6) is 0 Å². The minimum Gasteiger partial charge on any atom is -0.444 e. The van der Waals surface area contributed by atoms with Gasteiger partial charge in [-0.2, -0.15) is 0 Å². The average molecular weight is 445 g/mol. The van der Waals surface area contributed by atoms with Crippen molar-refractivity contribution in [3.8, 4) is 0 Å². The Balaban J connectivity index is 1.75. The molecule has 0 aliphatic heterocycles. The zero-order chi connectivity index (χ0) is 21.7. The topological polar surface area (TPSA) is 92.8 Å². The van der Waals surface area contributed by atoms with Crippen LogP contribution in [-0.4, -0.2) is 39.3 Å². The lowest BCUT2D eigenvalue weighted by Crippen LogP contribution is -2.31. The molecule has 0 saturated carbocycles. The van der Waals surface area contributed by atoms with Gasteiger partial charge in [0, 0.05) is 25.3 Å². The number of hydrogen-bond donors (Lipinski definition) is 1. The lowest BCUT2D eigenvalue weighted by molar-refractivity contribution is -0.138. The molecule has 0 aliphatic rings. The minimum atomic E-state index is -3.68. The van der Waals surface area contributed by atoms with Gasteiger partial charge in [-0.05, 0) is 35.7 Å². The monoisotopic (exact) mass is 444 g/mol. The number of rotatable bonds is 7. The quantitative estimate of drug-likeness (QED) is 0.563. The van der Waals surface area contributed by atoms with Crippen molar-refractivity contribution in [2.24, 2.45) is 0 Å². The van der Waals surface area contributed by atoms with Gasteiger partial charge in [0.05, 0.1) is 5.56 Å². The second kappa shape index (κ2) is 9.10. The molecule has 0 unspecified atom stereocenters. The van der Waals surface area contributed by atoms with Crippen molar-refractivity contribution in [3.63, 3.8) is 0 Å². The molecule has 1 amide bonds. The van der Waals surface area contributed by atoms with E-state index in [0.29, 0.717) is 11.3 Å². The van der Waals surface area contributed by atoms with Gasteiger partial charge in [0.15, 0.2) is 0 Å². The number of carbonyl (C=O) groups is 2. The molecule has 0 radical (unpaired) electrons. The van der Waals surface area contributed by atoms with E-state index in [9.17, 15) is 18.0 Å². The van der Waals surface area contributed by atoms with Gasteiger partial charge in [-0.3, -0.25) is 9.52 Å². The maximum absolute atomic E-state index is 12.6. The number of anilines is 1. The zero-order valence-corrected chi connectivity index (χ0v) is 17.9. The number of carbonyl (C=O) groups excluding carboxylic acids is 2. The molecule has 0 saturated heterocycles. The van der Waals surface area contributed by atoms with E-state index >= 15 is 0 Å². The van der Waals surface area contributed by atoms with Crippen LogP contribution in [0.4, 0.5) is 5.69 Å².